The summed E-state index contributed by atoms with van der Waals surface area (Å²) >= 11 is 3.48. The number of methoxy groups -OCH3 is 1. The van der Waals surface area contributed by atoms with Crippen molar-refractivity contribution in [3.63, 3.8) is 0 Å². The molecule has 1 heterocycles. The number of aromatic nitrogens is 2. The molecule has 0 aliphatic heterocycles. The second-order valence-corrected chi connectivity index (χ2v) is 6.06. The van der Waals surface area contributed by atoms with Gasteiger partial charge in [-0.2, -0.15) is 5.10 Å². The van der Waals surface area contributed by atoms with Crippen LogP contribution < -0.4 is 5.32 Å². The number of nitrogens with zero attached hydrogens (tertiary/aromatic N) is 2. The largest absolute Gasteiger partial charge is 0.480 e. The fourth-order valence-electron chi connectivity index (χ4n) is 2.21. The highest BCUT2D eigenvalue weighted by Gasteiger charge is 2.20. The van der Waals surface area contributed by atoms with E-state index >= 15 is 0 Å². The molecule has 1 aromatic heterocycles. The molecule has 1 atom stereocenters. The summed E-state index contributed by atoms with van der Waals surface area (Å²) < 4.78 is 7.50. The zero-order valence-electron chi connectivity index (χ0n) is 13.5. The number of carboxylic acid groups (broad SMARTS) is 1. The fraction of sp³-hybridized carbons (Fsp3) is 0.312. The van der Waals surface area contributed by atoms with Crippen LogP contribution in [0, 0.1) is 13.8 Å². The average molecular weight is 396 g/mol. The molecule has 7 nitrogen and oxygen atoms in total. The van der Waals surface area contributed by atoms with Crippen molar-refractivity contribution < 1.29 is 19.4 Å². The molecule has 0 saturated heterocycles. The summed E-state index contributed by atoms with van der Waals surface area (Å²) in [4.78, 5) is 23.2. The summed E-state index contributed by atoms with van der Waals surface area (Å²) in [5, 5.41) is 15.9. The van der Waals surface area contributed by atoms with Crippen LogP contribution in [0.5, 0.6) is 0 Å². The minimum atomic E-state index is -1.14. The summed E-state index contributed by atoms with van der Waals surface area (Å²) in [7, 11) is 1.38. The number of ether oxygens (including phenoxy) is 1. The molecular weight excluding hydrogens is 378 g/mol. The van der Waals surface area contributed by atoms with E-state index in [-0.39, 0.29) is 6.61 Å². The van der Waals surface area contributed by atoms with Crippen LogP contribution in [-0.4, -0.2) is 46.5 Å². The van der Waals surface area contributed by atoms with E-state index in [4.69, 9.17) is 9.84 Å². The number of carboxylic acids is 1. The molecule has 128 valence electrons. The third-order valence-electron chi connectivity index (χ3n) is 3.51. The Kier molecular flexibility index (Phi) is 5.74. The number of nitrogens with one attached hydrogen (secondary N) is 1. The Balaban J connectivity index is 2.18. The topological polar surface area (TPSA) is 93.5 Å². The van der Waals surface area contributed by atoms with Crippen LogP contribution >= 0.6 is 15.9 Å². The van der Waals surface area contributed by atoms with Crippen molar-refractivity contribution in [3.8, 4) is 5.69 Å². The molecule has 0 radical (unpaired) electrons. The van der Waals surface area contributed by atoms with Gasteiger partial charge in [0.1, 0.15) is 0 Å². The van der Waals surface area contributed by atoms with Gasteiger partial charge in [0.25, 0.3) is 5.91 Å². The number of carbonyl (C=O) groups is 2. The van der Waals surface area contributed by atoms with Gasteiger partial charge in [0.15, 0.2) is 6.04 Å². The summed E-state index contributed by atoms with van der Waals surface area (Å²) in [6, 6.07) is 5.68. The highest BCUT2D eigenvalue weighted by atomic mass is 79.9. The molecular formula is C16H18BrN3O4. The van der Waals surface area contributed by atoms with Crippen molar-refractivity contribution in [2.45, 2.75) is 19.9 Å². The first-order chi connectivity index (χ1) is 11.3. The smallest absolute Gasteiger partial charge is 0.328 e. The molecule has 24 heavy (non-hydrogen) atoms. The first-order valence-electron chi connectivity index (χ1n) is 7.20. The summed E-state index contributed by atoms with van der Waals surface area (Å²) in [6.45, 7) is 3.74. The number of carbonyl (C=O) groups excluding carboxylic acids is 1. The first kappa shape index (κ1) is 18.2. The van der Waals surface area contributed by atoms with E-state index in [1.807, 2.05) is 13.8 Å². The Hall–Kier alpha value is -2.19. The number of halogens is 1. The van der Waals surface area contributed by atoms with Gasteiger partial charge in [-0.15, -0.1) is 0 Å². The van der Waals surface area contributed by atoms with Gasteiger partial charge in [-0.05, 0) is 54.0 Å². The summed E-state index contributed by atoms with van der Waals surface area (Å²) in [5.74, 6) is -1.62. The molecule has 2 N–H and O–H groups in total. The standard InChI is InChI=1S/C16H18BrN3O4/c1-9-14(17)10(2)20(19-9)12-6-4-11(5-7-12)15(21)18-13(8-24-3)16(22)23/h4-7,13H,8H2,1-3H3,(H,18,21)(H,22,23). The van der Waals surface area contributed by atoms with Crippen LogP contribution in [0.4, 0.5) is 0 Å². The number of amides is 1. The number of hydrogen-bond donors (Lipinski definition) is 2. The number of aryl methyl sites for hydroxylation is 1. The van der Waals surface area contributed by atoms with Crippen LogP contribution in [0.25, 0.3) is 5.69 Å². The van der Waals surface area contributed by atoms with Crippen molar-refractivity contribution in [2.75, 3.05) is 13.7 Å². The van der Waals surface area contributed by atoms with Gasteiger partial charge in [0.2, 0.25) is 0 Å². The molecule has 0 fully saturated rings. The lowest BCUT2D eigenvalue weighted by Gasteiger charge is -2.13. The maximum absolute atomic E-state index is 12.1. The molecule has 2 aromatic rings. The number of benzene rings is 1. The molecule has 1 aromatic carbocycles. The van der Waals surface area contributed by atoms with Crippen LogP contribution in [0.3, 0.4) is 0 Å². The van der Waals surface area contributed by atoms with Gasteiger partial charge in [-0.1, -0.05) is 0 Å². The zero-order valence-corrected chi connectivity index (χ0v) is 15.1. The highest BCUT2D eigenvalue weighted by Crippen LogP contribution is 2.23. The molecule has 8 heteroatoms. The highest BCUT2D eigenvalue weighted by molar-refractivity contribution is 9.10. The third-order valence-corrected chi connectivity index (χ3v) is 4.66. The lowest BCUT2D eigenvalue weighted by molar-refractivity contribution is -0.140. The Morgan fingerprint density at radius 1 is 1.33 bits per heavy atom. The van der Waals surface area contributed by atoms with E-state index in [2.05, 4.69) is 26.3 Å². The van der Waals surface area contributed by atoms with Gasteiger partial charge in [-0.3, -0.25) is 4.79 Å². The van der Waals surface area contributed by atoms with E-state index in [9.17, 15) is 9.59 Å². The molecule has 1 unspecified atom stereocenters. The van der Waals surface area contributed by atoms with Crippen LogP contribution in [-0.2, 0) is 9.53 Å². The number of hydrogen-bond acceptors (Lipinski definition) is 4. The van der Waals surface area contributed by atoms with Gasteiger partial charge in [0.05, 0.1) is 28.2 Å². The SMILES string of the molecule is COCC(NC(=O)c1ccc(-n2nc(C)c(Br)c2C)cc1)C(=O)O. The minimum Gasteiger partial charge on any atom is -0.480 e. The minimum absolute atomic E-state index is 0.0983. The van der Waals surface area contributed by atoms with Crippen molar-refractivity contribution in [1.82, 2.24) is 15.1 Å². The van der Waals surface area contributed by atoms with E-state index in [1.165, 1.54) is 7.11 Å². The third kappa shape index (κ3) is 3.82. The second kappa shape index (κ2) is 7.59. The Morgan fingerprint density at radius 3 is 2.42 bits per heavy atom. The fourth-order valence-corrected chi connectivity index (χ4v) is 2.46. The Morgan fingerprint density at radius 2 is 1.96 bits per heavy atom. The van der Waals surface area contributed by atoms with E-state index in [1.54, 1.807) is 28.9 Å². The van der Waals surface area contributed by atoms with E-state index < -0.39 is 17.9 Å². The van der Waals surface area contributed by atoms with Crippen molar-refractivity contribution in [1.29, 1.82) is 0 Å². The van der Waals surface area contributed by atoms with Crippen LogP contribution in [0.1, 0.15) is 21.7 Å². The van der Waals surface area contributed by atoms with Gasteiger partial charge >= 0.3 is 5.97 Å². The molecule has 0 aliphatic rings. The first-order valence-corrected chi connectivity index (χ1v) is 7.99. The predicted molar refractivity (Wildman–Crippen MR) is 91.5 cm³/mol. The number of rotatable bonds is 6. The van der Waals surface area contributed by atoms with Gasteiger partial charge in [0, 0.05) is 12.7 Å². The lowest BCUT2D eigenvalue weighted by atomic mass is 10.1. The van der Waals surface area contributed by atoms with E-state index in [0.717, 1.165) is 21.5 Å². The Labute approximate surface area is 147 Å². The molecule has 0 aliphatic carbocycles. The molecule has 0 saturated carbocycles. The summed E-state index contributed by atoms with van der Waals surface area (Å²) in [5.41, 5.74) is 3.00. The molecule has 1 amide bonds. The van der Waals surface area contributed by atoms with Gasteiger partial charge in [-0.25, -0.2) is 9.48 Å². The molecule has 0 bridgehead atoms. The van der Waals surface area contributed by atoms with Crippen LogP contribution in [0.15, 0.2) is 28.7 Å². The number of aliphatic carboxylic acids is 1. The van der Waals surface area contributed by atoms with Crippen molar-refractivity contribution in [2.24, 2.45) is 0 Å². The lowest BCUT2D eigenvalue weighted by Crippen LogP contribution is -2.43. The maximum Gasteiger partial charge on any atom is 0.328 e. The molecule has 2 rings (SSSR count). The van der Waals surface area contributed by atoms with Crippen LogP contribution in [0.2, 0.25) is 0 Å². The van der Waals surface area contributed by atoms with Gasteiger partial charge < -0.3 is 15.2 Å². The van der Waals surface area contributed by atoms with Crippen molar-refractivity contribution in [3.05, 3.63) is 45.7 Å². The molecule has 0 spiro atoms. The van der Waals surface area contributed by atoms with E-state index in [0.29, 0.717) is 5.56 Å². The zero-order chi connectivity index (χ0) is 17.9. The monoisotopic (exact) mass is 395 g/mol. The Bertz CT molecular complexity index is 755. The normalized spacial score (nSPS) is 12.0. The maximum atomic E-state index is 12.1. The van der Waals surface area contributed by atoms with Crippen molar-refractivity contribution >= 4 is 27.8 Å². The quantitative estimate of drug-likeness (QED) is 0.780. The predicted octanol–water partition coefficient (Wildman–Crippen LogP) is 2.08. The average Bonchev–Trinajstić information content (AvgIpc) is 2.82. The summed E-state index contributed by atoms with van der Waals surface area (Å²) in [6.07, 6.45) is 0. The second-order valence-electron chi connectivity index (χ2n) is 5.26.